The molecule has 0 aliphatic carbocycles. The van der Waals surface area contributed by atoms with Gasteiger partial charge in [-0.3, -0.25) is 4.79 Å². The summed E-state index contributed by atoms with van der Waals surface area (Å²) in [5.74, 6) is 2.00. The van der Waals surface area contributed by atoms with E-state index in [4.69, 9.17) is 8.68 Å². The topological polar surface area (TPSA) is 75.9 Å². The minimum atomic E-state index is -0.168. The Morgan fingerprint density at radius 1 is 1.45 bits per heavy atom. The molecule has 3 heterocycles. The summed E-state index contributed by atoms with van der Waals surface area (Å²) in [6.45, 7) is 1.48. The van der Waals surface area contributed by atoms with Gasteiger partial charge in [-0.1, -0.05) is 24.0 Å². The Hall–Kier alpha value is -1.59. The van der Waals surface area contributed by atoms with Crippen molar-refractivity contribution in [3.05, 3.63) is 34.7 Å². The maximum atomic E-state index is 12.2. The lowest BCUT2D eigenvalue weighted by Gasteiger charge is -2.23. The lowest BCUT2D eigenvalue weighted by Crippen LogP contribution is -2.31. The van der Waals surface area contributed by atoms with Crippen molar-refractivity contribution >= 4 is 49.4 Å². The Bertz CT molecular complexity index is 720. The third-order valence-corrected chi connectivity index (χ3v) is 5.49. The summed E-state index contributed by atoms with van der Waals surface area (Å²) >= 11 is 1.63. The number of nitrogens with two attached hydrogens (primary N) is 1. The van der Waals surface area contributed by atoms with E-state index in [0.717, 1.165) is 6.54 Å². The molecule has 2 aliphatic heterocycles. The van der Waals surface area contributed by atoms with E-state index in [1.54, 1.807) is 16.4 Å². The van der Waals surface area contributed by atoms with Crippen molar-refractivity contribution < 1.29 is 13.5 Å². The first-order chi connectivity index (χ1) is 10.7. The van der Waals surface area contributed by atoms with Crippen LogP contribution in [0.1, 0.15) is 16.5 Å². The fourth-order valence-electron chi connectivity index (χ4n) is 2.93. The van der Waals surface area contributed by atoms with Gasteiger partial charge in [0.2, 0.25) is 6.41 Å². The maximum Gasteiger partial charge on any atom is 0.465 e. The van der Waals surface area contributed by atoms with Crippen molar-refractivity contribution in [3.63, 3.8) is 0 Å². The quantitative estimate of drug-likeness (QED) is 0.674. The molecule has 1 aromatic carbocycles. The van der Waals surface area contributed by atoms with Crippen LogP contribution >= 0.6 is 11.3 Å². The lowest BCUT2D eigenvalue weighted by molar-refractivity contribution is -0.106. The van der Waals surface area contributed by atoms with Crippen LogP contribution in [-0.2, 0) is 15.2 Å². The zero-order valence-electron chi connectivity index (χ0n) is 12.1. The molecular formula is C14H15AlN3O3S. The summed E-state index contributed by atoms with van der Waals surface area (Å²) in [6.07, 6.45) is 0.250. The van der Waals surface area contributed by atoms with Gasteiger partial charge in [-0.05, 0) is 17.0 Å². The molecule has 2 bridgehead atoms. The molecule has 1 atom stereocenters. The van der Waals surface area contributed by atoms with Crippen LogP contribution in [0.15, 0.2) is 24.3 Å². The number of primary amides is 1. The van der Waals surface area contributed by atoms with E-state index in [0.29, 0.717) is 6.54 Å². The summed E-state index contributed by atoms with van der Waals surface area (Å²) in [6, 6.07) is 8.54. The second kappa shape index (κ2) is 6.26. The van der Waals surface area contributed by atoms with Gasteiger partial charge in [0.15, 0.2) is 0 Å². The molecule has 0 spiro atoms. The van der Waals surface area contributed by atoms with Crippen LogP contribution in [0.4, 0.5) is 4.79 Å². The molecule has 2 aliphatic rings. The number of benzene rings is 1. The van der Waals surface area contributed by atoms with Crippen molar-refractivity contribution in [2.24, 2.45) is 5.73 Å². The average molecular weight is 332 g/mol. The number of urea groups is 1. The Kier molecular flexibility index (Phi) is 4.36. The molecule has 1 saturated heterocycles. The van der Waals surface area contributed by atoms with Crippen molar-refractivity contribution in [1.82, 2.24) is 9.96 Å². The number of amides is 3. The Balaban J connectivity index is 0.000000446. The van der Waals surface area contributed by atoms with E-state index in [9.17, 15) is 4.79 Å². The van der Waals surface area contributed by atoms with E-state index in [-0.39, 0.29) is 34.0 Å². The smallest absolute Gasteiger partial charge is 0.411 e. The summed E-state index contributed by atoms with van der Waals surface area (Å²) in [4.78, 5) is 24.0. The highest BCUT2D eigenvalue weighted by atomic mass is 32.1. The molecule has 113 valence electrons. The van der Waals surface area contributed by atoms with Gasteiger partial charge in [0, 0.05) is 16.1 Å². The van der Waals surface area contributed by atoms with E-state index in [1.165, 1.54) is 20.5 Å². The molecule has 1 radical (unpaired) electrons. The highest BCUT2D eigenvalue weighted by Gasteiger charge is 2.44. The van der Waals surface area contributed by atoms with E-state index < -0.39 is 0 Å². The van der Waals surface area contributed by atoms with Gasteiger partial charge in [0.1, 0.15) is 6.04 Å². The van der Waals surface area contributed by atoms with Crippen molar-refractivity contribution in [2.75, 3.05) is 6.54 Å². The van der Waals surface area contributed by atoms with Crippen LogP contribution in [0, 0.1) is 0 Å². The largest absolute Gasteiger partial charge is 0.465 e. The molecule has 2 aromatic rings. The van der Waals surface area contributed by atoms with Gasteiger partial charge in [-0.25, -0.2) is 9.86 Å². The Morgan fingerprint density at radius 3 is 2.91 bits per heavy atom. The molecule has 6 nitrogen and oxygen atoms in total. The van der Waals surface area contributed by atoms with Gasteiger partial charge in [-0.2, -0.15) is 0 Å². The molecule has 8 heteroatoms. The van der Waals surface area contributed by atoms with Crippen LogP contribution in [0.2, 0.25) is 5.79 Å². The zero-order chi connectivity index (χ0) is 15.7. The number of hydrogen-bond acceptors (Lipinski definition) is 4. The molecule has 0 saturated carbocycles. The van der Waals surface area contributed by atoms with Crippen LogP contribution in [0.5, 0.6) is 0 Å². The van der Waals surface area contributed by atoms with Crippen molar-refractivity contribution in [1.29, 1.82) is 0 Å². The highest BCUT2D eigenvalue weighted by Crippen LogP contribution is 2.45. The SMILES string of the molecule is NC=O.[CH3][Al][O]N1C(=O)N2Cc3c(sc4ccccc34)[C@@H]1C2. The van der Waals surface area contributed by atoms with Crippen LogP contribution in [-0.4, -0.2) is 44.5 Å². The predicted octanol–water partition coefficient (Wildman–Crippen LogP) is 1.89. The second-order valence-corrected chi connectivity index (χ2v) is 6.69. The monoisotopic (exact) mass is 332 g/mol. The minimum absolute atomic E-state index is 0.0202. The van der Waals surface area contributed by atoms with Crippen molar-refractivity contribution in [3.8, 4) is 0 Å². The molecule has 4 rings (SSSR count). The number of fused-ring (bicyclic) bond motifs is 6. The normalized spacial score (nSPS) is 18.8. The fourth-order valence-corrected chi connectivity index (χ4v) is 4.68. The first-order valence-electron chi connectivity index (χ1n) is 6.89. The van der Waals surface area contributed by atoms with Gasteiger partial charge in [0.05, 0.1) is 6.54 Å². The molecule has 1 fully saturated rings. The molecular weight excluding hydrogens is 317 g/mol. The minimum Gasteiger partial charge on any atom is -0.411 e. The summed E-state index contributed by atoms with van der Waals surface area (Å²) in [5, 5.41) is 2.88. The summed E-state index contributed by atoms with van der Waals surface area (Å²) in [7, 11) is 0. The van der Waals surface area contributed by atoms with Gasteiger partial charge in [-0.15, -0.1) is 11.3 Å². The standard InChI is InChI=1S/C12H9N2O2S.CH3NO.CH3.Al/c15-12-13-5-8-7-3-1-2-4-10(7)17-11(8)9(6-13)14(12)16;2-1-3;;/h1-4,9H,5-6H2;1H,(H2,2,3);1H3;/q-1;;;+1/t9-;;;/m0.../s1. The van der Waals surface area contributed by atoms with E-state index in [1.807, 2.05) is 10.7 Å². The number of thiophene rings is 1. The first kappa shape index (κ1) is 15.3. The van der Waals surface area contributed by atoms with Crippen LogP contribution in [0.3, 0.4) is 0 Å². The number of rotatable bonds is 2. The lowest BCUT2D eigenvalue weighted by atomic mass is 10.0. The van der Waals surface area contributed by atoms with E-state index in [2.05, 4.69) is 30.0 Å². The molecule has 22 heavy (non-hydrogen) atoms. The Labute approximate surface area is 138 Å². The second-order valence-electron chi connectivity index (χ2n) is 4.92. The van der Waals surface area contributed by atoms with Gasteiger partial charge in [0.25, 0.3) is 0 Å². The number of hydrogen-bond donors (Lipinski definition) is 1. The number of nitrogens with zero attached hydrogens (tertiary/aromatic N) is 2. The number of carbonyl (C=O) groups excluding carboxylic acids is 2. The number of carbonyl (C=O) groups is 2. The third kappa shape index (κ3) is 2.38. The van der Waals surface area contributed by atoms with Gasteiger partial charge >= 0.3 is 21.6 Å². The molecule has 3 amide bonds. The van der Waals surface area contributed by atoms with E-state index >= 15 is 0 Å². The first-order valence-corrected chi connectivity index (χ1v) is 9.34. The van der Waals surface area contributed by atoms with Crippen LogP contribution in [0.25, 0.3) is 10.1 Å². The summed E-state index contributed by atoms with van der Waals surface area (Å²) in [5.41, 5.74) is 5.47. The third-order valence-electron chi connectivity index (χ3n) is 3.74. The molecule has 0 unspecified atom stereocenters. The fraction of sp³-hybridized carbons (Fsp3) is 0.286. The molecule has 2 N–H and O–H groups in total. The maximum absolute atomic E-state index is 12.2. The molecule has 1 aromatic heterocycles. The van der Waals surface area contributed by atoms with Crippen molar-refractivity contribution in [2.45, 2.75) is 18.4 Å². The van der Waals surface area contributed by atoms with Gasteiger partial charge < -0.3 is 14.5 Å². The zero-order valence-corrected chi connectivity index (χ0v) is 14.0. The predicted molar refractivity (Wildman–Crippen MR) is 85.2 cm³/mol. The van der Waals surface area contributed by atoms with Crippen LogP contribution < -0.4 is 5.73 Å². The highest BCUT2D eigenvalue weighted by molar-refractivity contribution is 7.19. The summed E-state index contributed by atoms with van der Waals surface area (Å²) < 4.78 is 6.92. The Morgan fingerprint density at radius 2 is 2.18 bits per heavy atom. The number of hydroxylamine groups is 2. The average Bonchev–Trinajstić information content (AvgIpc) is 3.01.